The fourth-order valence-corrected chi connectivity index (χ4v) is 2.38. The molecule has 0 radical (unpaired) electrons. The molecule has 0 amide bonds. The van der Waals surface area contributed by atoms with E-state index in [1.807, 2.05) is 42.5 Å². The van der Waals surface area contributed by atoms with Gasteiger partial charge in [-0.3, -0.25) is 0 Å². The Hall–Kier alpha value is -1.42. The van der Waals surface area contributed by atoms with Crippen LogP contribution in [0.3, 0.4) is 0 Å². The SMILES string of the molecule is Clc1ccccc1CNCc1ccc2c(c1)OCCO2.[Cl-]. The standard InChI is InChI=1S/C16H16ClNO2.ClH/c17-14-4-2-1-3-13(14)11-18-10-12-5-6-15-16(9-12)20-8-7-19-15;/h1-6,9,18H,7-8,10-11H2;1H/p-1. The number of hydrogen-bond donors (Lipinski definition) is 1. The number of ether oxygens (including phenoxy) is 2. The molecule has 1 N–H and O–H groups in total. The molecular weight excluding hydrogens is 309 g/mol. The van der Waals surface area contributed by atoms with Gasteiger partial charge in [0.05, 0.1) is 0 Å². The van der Waals surface area contributed by atoms with Crippen LogP contribution in [0, 0.1) is 0 Å². The number of fused-ring (bicyclic) bond motifs is 1. The first-order valence-corrected chi connectivity index (χ1v) is 7.03. The summed E-state index contributed by atoms with van der Waals surface area (Å²) in [5.41, 5.74) is 2.27. The number of hydrogen-bond acceptors (Lipinski definition) is 3. The number of rotatable bonds is 4. The molecule has 2 aromatic rings. The lowest BCUT2D eigenvalue weighted by molar-refractivity contribution is -0.00000453. The predicted octanol–water partition coefficient (Wildman–Crippen LogP) is 0.405. The molecule has 3 rings (SSSR count). The van der Waals surface area contributed by atoms with Gasteiger partial charge >= 0.3 is 0 Å². The Morgan fingerprint density at radius 3 is 2.52 bits per heavy atom. The van der Waals surface area contributed by atoms with Crippen molar-refractivity contribution in [3.05, 3.63) is 58.6 Å². The molecule has 21 heavy (non-hydrogen) atoms. The Morgan fingerprint density at radius 1 is 0.952 bits per heavy atom. The Kier molecular flexibility index (Phi) is 5.74. The zero-order chi connectivity index (χ0) is 13.8. The third-order valence-electron chi connectivity index (χ3n) is 3.21. The Labute approximate surface area is 135 Å². The van der Waals surface area contributed by atoms with Crippen molar-refractivity contribution in [3.63, 3.8) is 0 Å². The van der Waals surface area contributed by atoms with Gasteiger partial charge in [0.1, 0.15) is 13.2 Å². The lowest BCUT2D eigenvalue weighted by atomic mass is 10.1. The first-order valence-electron chi connectivity index (χ1n) is 6.65. The van der Waals surface area contributed by atoms with E-state index in [1.54, 1.807) is 0 Å². The van der Waals surface area contributed by atoms with Crippen molar-refractivity contribution in [3.8, 4) is 11.5 Å². The normalized spacial score (nSPS) is 12.6. The molecular formula is C16H16Cl2NO2-. The quantitative estimate of drug-likeness (QED) is 0.883. The van der Waals surface area contributed by atoms with Gasteiger partial charge in [-0.1, -0.05) is 35.9 Å². The van der Waals surface area contributed by atoms with E-state index < -0.39 is 0 Å². The summed E-state index contributed by atoms with van der Waals surface area (Å²) >= 11 is 6.12. The molecule has 0 spiro atoms. The first kappa shape index (κ1) is 16.0. The molecule has 0 atom stereocenters. The van der Waals surface area contributed by atoms with Crippen molar-refractivity contribution < 1.29 is 21.9 Å². The van der Waals surface area contributed by atoms with Crippen LogP contribution in [0.1, 0.15) is 11.1 Å². The third-order valence-corrected chi connectivity index (χ3v) is 3.58. The lowest BCUT2D eigenvalue weighted by Gasteiger charge is -2.19. The highest BCUT2D eigenvalue weighted by Gasteiger charge is 2.11. The molecule has 0 saturated carbocycles. The van der Waals surface area contributed by atoms with Crippen LogP contribution in [0.5, 0.6) is 11.5 Å². The monoisotopic (exact) mass is 324 g/mol. The van der Waals surface area contributed by atoms with Gasteiger partial charge in [0.15, 0.2) is 11.5 Å². The van der Waals surface area contributed by atoms with Crippen LogP contribution < -0.4 is 27.2 Å². The first-order chi connectivity index (χ1) is 9.83. The Balaban J connectivity index is 0.00000161. The third kappa shape index (κ3) is 4.03. The van der Waals surface area contributed by atoms with E-state index in [0.29, 0.717) is 13.2 Å². The lowest BCUT2D eigenvalue weighted by Crippen LogP contribution is -3.00. The summed E-state index contributed by atoms with van der Waals surface area (Å²) < 4.78 is 11.1. The van der Waals surface area contributed by atoms with Gasteiger partial charge in [-0.2, -0.15) is 0 Å². The van der Waals surface area contributed by atoms with E-state index in [1.165, 1.54) is 5.56 Å². The molecule has 3 nitrogen and oxygen atoms in total. The van der Waals surface area contributed by atoms with Crippen LogP contribution in [-0.4, -0.2) is 13.2 Å². The highest BCUT2D eigenvalue weighted by molar-refractivity contribution is 6.31. The average molecular weight is 325 g/mol. The van der Waals surface area contributed by atoms with Crippen LogP contribution in [0.15, 0.2) is 42.5 Å². The van der Waals surface area contributed by atoms with Gasteiger partial charge < -0.3 is 27.2 Å². The van der Waals surface area contributed by atoms with Crippen molar-refractivity contribution in [2.24, 2.45) is 0 Å². The molecule has 1 heterocycles. The number of benzene rings is 2. The van der Waals surface area contributed by atoms with Crippen molar-refractivity contribution in [2.45, 2.75) is 13.1 Å². The maximum Gasteiger partial charge on any atom is 0.161 e. The highest BCUT2D eigenvalue weighted by atomic mass is 35.5. The summed E-state index contributed by atoms with van der Waals surface area (Å²) in [6.07, 6.45) is 0. The summed E-state index contributed by atoms with van der Waals surface area (Å²) in [4.78, 5) is 0. The van der Waals surface area contributed by atoms with Gasteiger partial charge in [-0.05, 0) is 29.3 Å². The molecule has 0 aliphatic carbocycles. The topological polar surface area (TPSA) is 30.5 Å². The van der Waals surface area contributed by atoms with E-state index in [0.717, 1.165) is 35.2 Å². The Morgan fingerprint density at radius 2 is 1.71 bits per heavy atom. The highest BCUT2D eigenvalue weighted by Crippen LogP contribution is 2.30. The molecule has 112 valence electrons. The maximum absolute atomic E-state index is 6.12. The molecule has 1 aliphatic rings. The second-order valence-electron chi connectivity index (χ2n) is 4.67. The van der Waals surface area contributed by atoms with E-state index in [4.69, 9.17) is 21.1 Å². The fraction of sp³-hybridized carbons (Fsp3) is 0.250. The molecule has 5 heteroatoms. The van der Waals surface area contributed by atoms with Gasteiger partial charge in [0.2, 0.25) is 0 Å². The average Bonchev–Trinajstić information content (AvgIpc) is 2.49. The molecule has 1 aliphatic heterocycles. The van der Waals surface area contributed by atoms with E-state index in [-0.39, 0.29) is 12.4 Å². The van der Waals surface area contributed by atoms with Crippen molar-refractivity contribution in [1.29, 1.82) is 0 Å². The fourth-order valence-electron chi connectivity index (χ4n) is 2.18. The minimum Gasteiger partial charge on any atom is -1.00 e. The molecule has 0 aromatic heterocycles. The van der Waals surface area contributed by atoms with Crippen LogP contribution in [0.2, 0.25) is 5.02 Å². The molecule has 0 bridgehead atoms. The molecule has 0 saturated heterocycles. The van der Waals surface area contributed by atoms with Gasteiger partial charge in [0, 0.05) is 18.1 Å². The van der Waals surface area contributed by atoms with E-state index in [2.05, 4.69) is 5.32 Å². The van der Waals surface area contributed by atoms with Crippen molar-refractivity contribution >= 4 is 11.6 Å². The second-order valence-corrected chi connectivity index (χ2v) is 5.08. The van der Waals surface area contributed by atoms with Gasteiger partial charge in [0.25, 0.3) is 0 Å². The zero-order valence-electron chi connectivity index (χ0n) is 11.4. The van der Waals surface area contributed by atoms with Crippen LogP contribution in [0.25, 0.3) is 0 Å². The second kappa shape index (κ2) is 7.55. The van der Waals surface area contributed by atoms with Crippen LogP contribution in [0.4, 0.5) is 0 Å². The van der Waals surface area contributed by atoms with Crippen LogP contribution >= 0.6 is 11.6 Å². The number of halogens is 2. The molecule has 0 fully saturated rings. The van der Waals surface area contributed by atoms with Gasteiger partial charge in [-0.15, -0.1) is 0 Å². The minimum absolute atomic E-state index is 0. The van der Waals surface area contributed by atoms with Crippen molar-refractivity contribution in [2.75, 3.05) is 13.2 Å². The minimum atomic E-state index is 0. The number of nitrogens with one attached hydrogen (secondary N) is 1. The largest absolute Gasteiger partial charge is 1.00 e. The predicted molar refractivity (Wildman–Crippen MR) is 79.4 cm³/mol. The van der Waals surface area contributed by atoms with Crippen molar-refractivity contribution in [1.82, 2.24) is 5.32 Å². The smallest absolute Gasteiger partial charge is 0.161 e. The summed E-state index contributed by atoms with van der Waals surface area (Å²) in [6.45, 7) is 2.75. The summed E-state index contributed by atoms with van der Waals surface area (Å²) in [5, 5.41) is 4.18. The van der Waals surface area contributed by atoms with Gasteiger partial charge in [-0.25, -0.2) is 0 Å². The Bertz CT molecular complexity index is 605. The summed E-state index contributed by atoms with van der Waals surface area (Å²) in [5.74, 6) is 1.65. The molecule has 2 aromatic carbocycles. The van der Waals surface area contributed by atoms with E-state index >= 15 is 0 Å². The molecule has 0 unspecified atom stereocenters. The van der Waals surface area contributed by atoms with Crippen LogP contribution in [-0.2, 0) is 13.1 Å². The zero-order valence-corrected chi connectivity index (χ0v) is 13.0. The summed E-state index contributed by atoms with van der Waals surface area (Å²) in [7, 11) is 0. The maximum atomic E-state index is 6.12. The summed E-state index contributed by atoms with van der Waals surface area (Å²) in [6, 6.07) is 13.9. The van der Waals surface area contributed by atoms with E-state index in [9.17, 15) is 0 Å².